The molecule has 0 bridgehead atoms. The maximum absolute atomic E-state index is 12.0. The van der Waals surface area contributed by atoms with Gasteiger partial charge in [-0.3, -0.25) is 14.4 Å². The lowest BCUT2D eigenvalue weighted by Crippen LogP contribution is -2.51. The number of amides is 3. The summed E-state index contributed by atoms with van der Waals surface area (Å²) in [7, 11) is 0. The minimum Gasteiger partial charge on any atom is -0.342 e. The van der Waals surface area contributed by atoms with Gasteiger partial charge in [0.2, 0.25) is 18.2 Å². The Morgan fingerprint density at radius 3 is 2.28 bits per heavy atom. The van der Waals surface area contributed by atoms with E-state index >= 15 is 0 Å². The highest BCUT2D eigenvalue weighted by molar-refractivity contribution is 5.84. The van der Waals surface area contributed by atoms with Crippen LogP contribution in [0.3, 0.4) is 0 Å². The molecule has 0 saturated carbocycles. The van der Waals surface area contributed by atoms with E-state index in [0.717, 1.165) is 12.8 Å². The summed E-state index contributed by atoms with van der Waals surface area (Å²) in [5.74, 6) is -0.110. The van der Waals surface area contributed by atoms with E-state index in [1.54, 1.807) is 14.7 Å². The molecule has 0 spiro atoms. The second-order valence-corrected chi connectivity index (χ2v) is 4.46. The lowest BCUT2D eigenvalue weighted by atomic mass is 10.3. The van der Waals surface area contributed by atoms with Crippen molar-refractivity contribution in [3.05, 3.63) is 0 Å². The molecule has 0 aromatic heterocycles. The van der Waals surface area contributed by atoms with Crippen molar-refractivity contribution in [2.24, 2.45) is 0 Å². The van der Waals surface area contributed by atoms with Gasteiger partial charge < -0.3 is 14.7 Å². The summed E-state index contributed by atoms with van der Waals surface area (Å²) in [5, 5.41) is 0. The number of carbonyl (C=O) groups excluding carboxylic acids is 3. The van der Waals surface area contributed by atoms with Crippen LogP contribution >= 0.6 is 0 Å². The molecule has 0 aromatic carbocycles. The highest BCUT2D eigenvalue weighted by Crippen LogP contribution is 2.02. The molecule has 6 nitrogen and oxygen atoms in total. The zero-order valence-corrected chi connectivity index (χ0v) is 11.1. The van der Waals surface area contributed by atoms with E-state index in [2.05, 4.69) is 0 Å². The molecule has 102 valence electrons. The molecule has 1 rings (SSSR count). The molecule has 0 aliphatic carbocycles. The van der Waals surface area contributed by atoms with E-state index in [0.29, 0.717) is 32.7 Å². The van der Waals surface area contributed by atoms with Crippen LogP contribution in [0.5, 0.6) is 0 Å². The van der Waals surface area contributed by atoms with E-state index in [4.69, 9.17) is 0 Å². The van der Waals surface area contributed by atoms with Gasteiger partial charge in [0.25, 0.3) is 0 Å². The molecule has 0 N–H and O–H groups in total. The van der Waals surface area contributed by atoms with E-state index in [-0.39, 0.29) is 18.4 Å². The van der Waals surface area contributed by atoms with E-state index in [9.17, 15) is 14.4 Å². The van der Waals surface area contributed by atoms with Crippen molar-refractivity contribution in [3.63, 3.8) is 0 Å². The van der Waals surface area contributed by atoms with Crippen LogP contribution in [0, 0.1) is 0 Å². The standard InChI is InChI=1S/C12H21N3O3/c1-3-4-15(11(2)17)9-12(18)14-7-5-13(10-16)6-8-14/h10H,3-9H2,1-2H3. The lowest BCUT2D eigenvalue weighted by Gasteiger charge is -2.33. The third kappa shape index (κ3) is 4.01. The van der Waals surface area contributed by atoms with Crippen LogP contribution in [0.2, 0.25) is 0 Å². The Morgan fingerprint density at radius 2 is 1.83 bits per heavy atom. The lowest BCUT2D eigenvalue weighted by molar-refractivity contribution is -0.141. The Balaban J connectivity index is 2.44. The molecule has 1 heterocycles. The van der Waals surface area contributed by atoms with Crippen LogP contribution in [0.4, 0.5) is 0 Å². The Bertz CT molecular complexity index is 312. The zero-order valence-electron chi connectivity index (χ0n) is 11.1. The molecule has 0 aromatic rings. The number of carbonyl (C=O) groups is 3. The second kappa shape index (κ2) is 6.98. The molecule has 1 saturated heterocycles. The first-order valence-corrected chi connectivity index (χ1v) is 6.31. The fourth-order valence-corrected chi connectivity index (χ4v) is 1.96. The quantitative estimate of drug-likeness (QED) is 0.625. The van der Waals surface area contributed by atoms with Crippen LogP contribution < -0.4 is 0 Å². The molecule has 1 aliphatic rings. The molecule has 1 aliphatic heterocycles. The van der Waals surface area contributed by atoms with Crippen molar-refractivity contribution in [3.8, 4) is 0 Å². The molecular formula is C12H21N3O3. The van der Waals surface area contributed by atoms with Gasteiger partial charge >= 0.3 is 0 Å². The van der Waals surface area contributed by atoms with Crippen molar-refractivity contribution >= 4 is 18.2 Å². The minimum absolute atomic E-state index is 0.0378. The average Bonchev–Trinajstić information content (AvgIpc) is 2.38. The summed E-state index contributed by atoms with van der Waals surface area (Å²) in [6.07, 6.45) is 1.65. The Hall–Kier alpha value is -1.59. The van der Waals surface area contributed by atoms with Crippen LogP contribution in [-0.2, 0) is 14.4 Å². The summed E-state index contributed by atoms with van der Waals surface area (Å²) in [4.78, 5) is 38.8. The maximum Gasteiger partial charge on any atom is 0.242 e. The number of hydrogen-bond donors (Lipinski definition) is 0. The molecule has 3 amide bonds. The van der Waals surface area contributed by atoms with Crippen LogP contribution in [-0.4, -0.2) is 72.2 Å². The van der Waals surface area contributed by atoms with E-state index < -0.39 is 0 Å². The summed E-state index contributed by atoms with van der Waals surface area (Å²) >= 11 is 0. The van der Waals surface area contributed by atoms with Crippen LogP contribution in [0.1, 0.15) is 20.3 Å². The molecule has 18 heavy (non-hydrogen) atoms. The monoisotopic (exact) mass is 255 g/mol. The summed E-state index contributed by atoms with van der Waals surface area (Å²) in [6.45, 7) is 6.45. The molecule has 0 unspecified atom stereocenters. The number of hydrogen-bond acceptors (Lipinski definition) is 3. The van der Waals surface area contributed by atoms with Gasteiger partial charge in [-0.15, -0.1) is 0 Å². The van der Waals surface area contributed by atoms with Gasteiger partial charge in [0.05, 0.1) is 6.54 Å². The highest BCUT2D eigenvalue weighted by atomic mass is 16.2. The fourth-order valence-electron chi connectivity index (χ4n) is 1.96. The van der Waals surface area contributed by atoms with Crippen LogP contribution in [0.15, 0.2) is 0 Å². The predicted molar refractivity (Wildman–Crippen MR) is 66.8 cm³/mol. The fraction of sp³-hybridized carbons (Fsp3) is 0.750. The Labute approximate surface area is 108 Å². The predicted octanol–water partition coefficient (Wildman–Crippen LogP) is -0.454. The molecule has 0 radical (unpaired) electrons. The maximum atomic E-state index is 12.0. The van der Waals surface area contributed by atoms with Gasteiger partial charge in [-0.1, -0.05) is 6.92 Å². The number of rotatable bonds is 5. The third-order valence-electron chi connectivity index (χ3n) is 3.08. The normalized spacial score (nSPS) is 15.4. The van der Waals surface area contributed by atoms with Crippen molar-refractivity contribution < 1.29 is 14.4 Å². The van der Waals surface area contributed by atoms with E-state index in [1.165, 1.54) is 6.92 Å². The molecule has 1 fully saturated rings. The van der Waals surface area contributed by atoms with Crippen molar-refractivity contribution in [1.82, 2.24) is 14.7 Å². The zero-order chi connectivity index (χ0) is 13.5. The minimum atomic E-state index is -0.0725. The first kappa shape index (κ1) is 14.5. The Kier molecular flexibility index (Phi) is 5.61. The molecule has 0 atom stereocenters. The van der Waals surface area contributed by atoms with Gasteiger partial charge in [-0.25, -0.2) is 0 Å². The van der Waals surface area contributed by atoms with Gasteiger partial charge in [-0.2, -0.15) is 0 Å². The Morgan fingerprint density at radius 1 is 1.22 bits per heavy atom. The highest BCUT2D eigenvalue weighted by Gasteiger charge is 2.22. The van der Waals surface area contributed by atoms with Gasteiger partial charge in [0, 0.05) is 39.6 Å². The SMILES string of the molecule is CCCN(CC(=O)N1CCN(C=O)CC1)C(C)=O. The topological polar surface area (TPSA) is 60.9 Å². The first-order valence-electron chi connectivity index (χ1n) is 6.31. The van der Waals surface area contributed by atoms with Gasteiger partial charge in [0.15, 0.2) is 0 Å². The van der Waals surface area contributed by atoms with Crippen molar-refractivity contribution in [2.45, 2.75) is 20.3 Å². The van der Waals surface area contributed by atoms with Crippen molar-refractivity contribution in [2.75, 3.05) is 39.3 Å². The number of piperazine rings is 1. The van der Waals surface area contributed by atoms with Crippen LogP contribution in [0.25, 0.3) is 0 Å². The summed E-state index contributed by atoms with van der Waals surface area (Å²) < 4.78 is 0. The van der Waals surface area contributed by atoms with Crippen molar-refractivity contribution in [1.29, 1.82) is 0 Å². The smallest absolute Gasteiger partial charge is 0.242 e. The average molecular weight is 255 g/mol. The van der Waals surface area contributed by atoms with Gasteiger partial charge in [-0.05, 0) is 6.42 Å². The van der Waals surface area contributed by atoms with E-state index in [1.807, 2.05) is 6.92 Å². The summed E-state index contributed by atoms with van der Waals surface area (Å²) in [5.41, 5.74) is 0. The summed E-state index contributed by atoms with van der Waals surface area (Å²) in [6, 6.07) is 0. The molecule has 6 heteroatoms. The largest absolute Gasteiger partial charge is 0.342 e. The first-order chi connectivity index (χ1) is 8.58. The second-order valence-electron chi connectivity index (χ2n) is 4.46. The van der Waals surface area contributed by atoms with Gasteiger partial charge in [0.1, 0.15) is 0 Å². The number of nitrogens with zero attached hydrogens (tertiary/aromatic N) is 3. The molecular weight excluding hydrogens is 234 g/mol. The third-order valence-corrected chi connectivity index (χ3v) is 3.08.